The van der Waals surface area contributed by atoms with Gasteiger partial charge in [-0.25, -0.2) is 0 Å². The summed E-state index contributed by atoms with van der Waals surface area (Å²) in [5.74, 6) is 0.372. The smallest absolute Gasteiger partial charge is 0.253 e. The molecule has 6 heteroatoms. The number of aromatic nitrogens is 2. The molecule has 1 aromatic carbocycles. The zero-order chi connectivity index (χ0) is 17.1. The van der Waals surface area contributed by atoms with E-state index in [0.717, 1.165) is 30.2 Å². The second kappa shape index (κ2) is 7.18. The van der Waals surface area contributed by atoms with Crippen molar-refractivity contribution in [1.82, 2.24) is 15.5 Å². The fraction of sp³-hybridized carbons (Fsp3) is 0.389. The Bertz CT molecular complexity index is 732. The number of anilines is 1. The van der Waals surface area contributed by atoms with E-state index in [2.05, 4.69) is 20.4 Å². The largest absolute Gasteiger partial charge is 0.371 e. The van der Waals surface area contributed by atoms with Crippen molar-refractivity contribution in [3.8, 4) is 0 Å². The maximum Gasteiger partial charge on any atom is 0.253 e. The summed E-state index contributed by atoms with van der Waals surface area (Å²) < 4.78 is 0. The first kappa shape index (κ1) is 16.7. The van der Waals surface area contributed by atoms with Gasteiger partial charge in [0.25, 0.3) is 5.91 Å². The third-order valence-electron chi connectivity index (χ3n) is 4.37. The number of nitrogens with zero attached hydrogens (tertiary/aromatic N) is 3. The number of hydrogen-bond donors (Lipinski definition) is 1. The molecule has 0 spiro atoms. The van der Waals surface area contributed by atoms with Crippen LogP contribution in [0.2, 0.25) is 5.02 Å². The number of halogens is 1. The molecule has 24 heavy (non-hydrogen) atoms. The number of carbonyl (C=O) groups excluding carboxylic acids is 1. The molecule has 1 amide bonds. The summed E-state index contributed by atoms with van der Waals surface area (Å²) in [6, 6.07) is 9.68. The summed E-state index contributed by atoms with van der Waals surface area (Å²) >= 11 is 5.94. The molecule has 0 aliphatic carbocycles. The van der Waals surface area contributed by atoms with Gasteiger partial charge in [0, 0.05) is 30.3 Å². The topological polar surface area (TPSA) is 58.1 Å². The quantitative estimate of drug-likeness (QED) is 0.926. The van der Waals surface area contributed by atoms with Crippen molar-refractivity contribution in [2.24, 2.45) is 5.92 Å². The molecular weight excluding hydrogens is 324 g/mol. The van der Waals surface area contributed by atoms with Gasteiger partial charge in [-0.15, -0.1) is 0 Å². The highest BCUT2D eigenvalue weighted by Gasteiger charge is 2.23. The van der Waals surface area contributed by atoms with Gasteiger partial charge in [0.2, 0.25) is 0 Å². The van der Waals surface area contributed by atoms with Crippen LogP contribution in [-0.4, -0.2) is 35.7 Å². The molecular formula is C18H21ClN4O. The molecule has 1 aliphatic rings. The fourth-order valence-electron chi connectivity index (χ4n) is 3.00. The standard InChI is InChI=1S/C18H21ClN4O/c1-12-9-17(13(2)22-21-12)18(24)20-10-14-7-8-23(11-14)16-5-3-15(19)4-6-16/h3-6,9,14H,7-8,10-11H2,1-2H3,(H,20,24). The molecule has 2 aromatic rings. The van der Waals surface area contributed by atoms with E-state index < -0.39 is 0 Å². The van der Waals surface area contributed by atoms with Crippen LogP contribution in [0.4, 0.5) is 5.69 Å². The van der Waals surface area contributed by atoms with Crippen molar-refractivity contribution < 1.29 is 4.79 Å². The van der Waals surface area contributed by atoms with Crippen molar-refractivity contribution >= 4 is 23.2 Å². The zero-order valence-corrected chi connectivity index (χ0v) is 14.7. The fourth-order valence-corrected chi connectivity index (χ4v) is 3.12. The molecule has 0 saturated carbocycles. The van der Waals surface area contributed by atoms with Gasteiger partial charge in [-0.2, -0.15) is 10.2 Å². The number of benzene rings is 1. The third kappa shape index (κ3) is 3.85. The highest BCUT2D eigenvalue weighted by molar-refractivity contribution is 6.30. The molecule has 1 N–H and O–H groups in total. The van der Waals surface area contributed by atoms with Crippen molar-refractivity contribution in [3.63, 3.8) is 0 Å². The van der Waals surface area contributed by atoms with Crippen molar-refractivity contribution in [2.75, 3.05) is 24.5 Å². The first-order valence-electron chi connectivity index (χ1n) is 8.12. The molecule has 0 radical (unpaired) electrons. The van der Waals surface area contributed by atoms with Gasteiger partial charge in [-0.05, 0) is 56.5 Å². The Kier molecular flexibility index (Phi) is 5.00. The molecule has 1 aliphatic heterocycles. The average molecular weight is 345 g/mol. The number of hydrogen-bond acceptors (Lipinski definition) is 4. The Morgan fingerprint density at radius 1 is 1.29 bits per heavy atom. The number of carbonyl (C=O) groups is 1. The first-order valence-corrected chi connectivity index (χ1v) is 8.50. The maximum atomic E-state index is 12.4. The predicted octanol–water partition coefficient (Wildman–Crippen LogP) is 3.00. The zero-order valence-electron chi connectivity index (χ0n) is 13.9. The Hall–Kier alpha value is -2.14. The highest BCUT2D eigenvalue weighted by atomic mass is 35.5. The van der Waals surface area contributed by atoms with Gasteiger partial charge in [0.1, 0.15) is 0 Å². The highest BCUT2D eigenvalue weighted by Crippen LogP contribution is 2.24. The maximum absolute atomic E-state index is 12.4. The van der Waals surface area contributed by atoms with Gasteiger partial charge >= 0.3 is 0 Å². The number of rotatable bonds is 4. The van der Waals surface area contributed by atoms with Crippen LogP contribution >= 0.6 is 11.6 Å². The van der Waals surface area contributed by atoms with Crippen molar-refractivity contribution in [1.29, 1.82) is 0 Å². The lowest BCUT2D eigenvalue weighted by molar-refractivity contribution is 0.0947. The van der Waals surface area contributed by atoms with E-state index in [1.807, 2.05) is 31.2 Å². The summed E-state index contributed by atoms with van der Waals surface area (Å²) in [5.41, 5.74) is 3.20. The van der Waals surface area contributed by atoms with Crippen LogP contribution in [0.1, 0.15) is 28.2 Å². The number of nitrogens with one attached hydrogen (secondary N) is 1. The van der Waals surface area contributed by atoms with E-state index in [4.69, 9.17) is 11.6 Å². The first-order chi connectivity index (χ1) is 11.5. The summed E-state index contributed by atoms with van der Waals surface area (Å²) in [5, 5.41) is 11.8. The third-order valence-corrected chi connectivity index (χ3v) is 4.63. The molecule has 1 atom stereocenters. The minimum atomic E-state index is -0.0737. The molecule has 1 unspecified atom stereocenters. The minimum absolute atomic E-state index is 0.0737. The molecule has 1 saturated heterocycles. The van der Waals surface area contributed by atoms with Crippen LogP contribution in [0.3, 0.4) is 0 Å². The second-order valence-corrected chi connectivity index (χ2v) is 6.71. The molecule has 2 heterocycles. The molecule has 1 fully saturated rings. The summed E-state index contributed by atoms with van der Waals surface area (Å²) in [4.78, 5) is 14.7. The van der Waals surface area contributed by atoms with Crippen LogP contribution in [0, 0.1) is 19.8 Å². The Morgan fingerprint density at radius 2 is 2.04 bits per heavy atom. The van der Waals surface area contributed by atoms with Crippen LogP contribution in [-0.2, 0) is 0 Å². The van der Waals surface area contributed by atoms with Gasteiger partial charge in [-0.1, -0.05) is 11.6 Å². The van der Waals surface area contributed by atoms with E-state index in [-0.39, 0.29) is 5.91 Å². The van der Waals surface area contributed by atoms with E-state index in [1.54, 1.807) is 13.0 Å². The summed E-state index contributed by atoms with van der Waals surface area (Å²) in [7, 11) is 0. The lowest BCUT2D eigenvalue weighted by Gasteiger charge is -2.19. The van der Waals surface area contributed by atoms with E-state index in [9.17, 15) is 4.79 Å². The molecule has 3 rings (SSSR count). The van der Waals surface area contributed by atoms with Gasteiger partial charge < -0.3 is 10.2 Å². The predicted molar refractivity (Wildman–Crippen MR) is 95.6 cm³/mol. The molecule has 0 bridgehead atoms. The van der Waals surface area contributed by atoms with E-state index in [0.29, 0.717) is 23.7 Å². The number of aryl methyl sites for hydroxylation is 2. The Labute approximate surface area is 147 Å². The van der Waals surface area contributed by atoms with Crippen LogP contribution in [0.15, 0.2) is 30.3 Å². The molecule has 126 valence electrons. The Morgan fingerprint density at radius 3 is 2.79 bits per heavy atom. The number of amides is 1. The van der Waals surface area contributed by atoms with Gasteiger partial charge in [-0.3, -0.25) is 4.79 Å². The van der Waals surface area contributed by atoms with Gasteiger partial charge in [0.05, 0.1) is 17.0 Å². The van der Waals surface area contributed by atoms with Crippen molar-refractivity contribution in [2.45, 2.75) is 20.3 Å². The van der Waals surface area contributed by atoms with Crippen LogP contribution in [0.5, 0.6) is 0 Å². The summed E-state index contributed by atoms with van der Waals surface area (Å²) in [6.07, 6.45) is 1.06. The lowest BCUT2D eigenvalue weighted by Crippen LogP contribution is -2.31. The van der Waals surface area contributed by atoms with Crippen molar-refractivity contribution in [3.05, 3.63) is 52.3 Å². The van der Waals surface area contributed by atoms with E-state index >= 15 is 0 Å². The molecule has 1 aromatic heterocycles. The molecule has 5 nitrogen and oxygen atoms in total. The van der Waals surface area contributed by atoms with E-state index in [1.165, 1.54) is 5.69 Å². The van der Waals surface area contributed by atoms with Crippen LogP contribution in [0.25, 0.3) is 0 Å². The normalized spacial score (nSPS) is 17.1. The monoisotopic (exact) mass is 344 g/mol. The lowest BCUT2D eigenvalue weighted by atomic mass is 10.1. The van der Waals surface area contributed by atoms with Gasteiger partial charge in [0.15, 0.2) is 0 Å². The Balaban J connectivity index is 1.55. The van der Waals surface area contributed by atoms with Crippen LogP contribution < -0.4 is 10.2 Å². The SMILES string of the molecule is Cc1cc(C(=O)NCC2CCN(c3ccc(Cl)cc3)C2)c(C)nn1. The average Bonchev–Trinajstić information content (AvgIpc) is 3.04. The second-order valence-electron chi connectivity index (χ2n) is 6.27. The summed E-state index contributed by atoms with van der Waals surface area (Å²) in [6.45, 7) is 6.25. The minimum Gasteiger partial charge on any atom is -0.371 e.